The minimum atomic E-state index is -1.21. The molecule has 0 radical (unpaired) electrons. The van der Waals surface area contributed by atoms with Crippen molar-refractivity contribution >= 4 is 11.8 Å². The van der Waals surface area contributed by atoms with E-state index in [1.807, 2.05) is 0 Å². The monoisotopic (exact) mass is 228 g/mol. The molecule has 0 aliphatic rings. The van der Waals surface area contributed by atoms with Gasteiger partial charge in [-0.1, -0.05) is 0 Å². The van der Waals surface area contributed by atoms with E-state index in [0.29, 0.717) is 13.0 Å². The number of aromatic carboxylic acids is 1. The van der Waals surface area contributed by atoms with Crippen molar-refractivity contribution in [2.75, 3.05) is 25.1 Å². The average molecular weight is 228 g/mol. The number of aliphatic hydroxyl groups excluding tert-OH is 1. The van der Waals surface area contributed by atoms with Crippen LogP contribution in [0.5, 0.6) is 0 Å². The maximum atomic E-state index is 13.5. The molecule has 0 bridgehead atoms. The van der Waals surface area contributed by atoms with Crippen LogP contribution in [0.3, 0.4) is 0 Å². The van der Waals surface area contributed by atoms with Gasteiger partial charge in [-0.05, 0) is 12.5 Å². The van der Waals surface area contributed by atoms with Crippen molar-refractivity contribution in [3.63, 3.8) is 0 Å². The van der Waals surface area contributed by atoms with Crippen molar-refractivity contribution in [1.29, 1.82) is 0 Å². The molecule has 6 heteroatoms. The first-order valence-corrected chi connectivity index (χ1v) is 4.77. The van der Waals surface area contributed by atoms with E-state index in [1.54, 1.807) is 7.05 Å². The van der Waals surface area contributed by atoms with Crippen molar-refractivity contribution in [3.8, 4) is 0 Å². The van der Waals surface area contributed by atoms with E-state index in [-0.39, 0.29) is 18.0 Å². The smallest absolute Gasteiger partial charge is 0.337 e. The summed E-state index contributed by atoms with van der Waals surface area (Å²) in [7, 11) is 1.63. The Morgan fingerprint density at radius 2 is 2.31 bits per heavy atom. The molecule has 1 aromatic rings. The second kappa shape index (κ2) is 5.41. The van der Waals surface area contributed by atoms with E-state index in [1.165, 1.54) is 4.90 Å². The number of nitrogens with zero attached hydrogens (tertiary/aromatic N) is 2. The van der Waals surface area contributed by atoms with E-state index in [9.17, 15) is 9.18 Å². The molecule has 88 valence electrons. The molecule has 0 aromatic carbocycles. The number of aliphatic hydroxyl groups is 1. The largest absolute Gasteiger partial charge is 0.478 e. The molecule has 0 fully saturated rings. The highest BCUT2D eigenvalue weighted by Crippen LogP contribution is 2.15. The summed E-state index contributed by atoms with van der Waals surface area (Å²) in [5, 5.41) is 17.3. The number of rotatable bonds is 5. The Hall–Kier alpha value is -1.69. The number of hydrogen-bond acceptors (Lipinski definition) is 4. The molecular weight excluding hydrogens is 215 g/mol. The van der Waals surface area contributed by atoms with Crippen LogP contribution in [0.1, 0.15) is 16.8 Å². The third kappa shape index (κ3) is 2.90. The summed E-state index contributed by atoms with van der Waals surface area (Å²) in [6, 6.07) is 0.931. The van der Waals surface area contributed by atoms with Gasteiger partial charge >= 0.3 is 5.97 Å². The summed E-state index contributed by atoms with van der Waals surface area (Å²) < 4.78 is 13.5. The first kappa shape index (κ1) is 12.4. The number of carboxylic acid groups (broad SMARTS) is 1. The molecule has 0 amide bonds. The lowest BCUT2D eigenvalue weighted by Crippen LogP contribution is -2.22. The highest BCUT2D eigenvalue weighted by molar-refractivity contribution is 5.87. The Morgan fingerprint density at radius 3 is 2.81 bits per heavy atom. The average Bonchev–Trinajstić information content (AvgIpc) is 2.25. The maximum Gasteiger partial charge on any atom is 0.337 e. The Balaban J connectivity index is 2.85. The molecule has 2 N–H and O–H groups in total. The molecule has 0 spiro atoms. The van der Waals surface area contributed by atoms with Gasteiger partial charge in [-0.25, -0.2) is 14.2 Å². The molecule has 1 aromatic heterocycles. The maximum absolute atomic E-state index is 13.5. The van der Waals surface area contributed by atoms with Crippen LogP contribution in [0.4, 0.5) is 10.2 Å². The molecule has 16 heavy (non-hydrogen) atoms. The minimum Gasteiger partial charge on any atom is -0.478 e. The molecule has 5 nitrogen and oxygen atoms in total. The summed E-state index contributed by atoms with van der Waals surface area (Å²) in [5.74, 6) is -1.81. The fraction of sp³-hybridized carbons (Fsp3) is 0.400. The van der Waals surface area contributed by atoms with Crippen LogP contribution in [-0.4, -0.2) is 41.4 Å². The molecular formula is C10H13FN2O3. The third-order valence-electron chi connectivity index (χ3n) is 2.08. The number of carboxylic acids is 1. The predicted octanol–water partition coefficient (Wildman–Crippen LogP) is 0.737. The fourth-order valence-electron chi connectivity index (χ4n) is 1.24. The standard InChI is InChI=1S/C10H13FN2O3/c1-13(3-2-4-14)9-8(11)5-7(6-12-9)10(15)16/h5-6,14H,2-4H2,1H3,(H,15,16). The second-order valence-electron chi connectivity index (χ2n) is 3.33. The first-order valence-electron chi connectivity index (χ1n) is 4.77. The van der Waals surface area contributed by atoms with Crippen molar-refractivity contribution in [2.24, 2.45) is 0 Å². The lowest BCUT2D eigenvalue weighted by Gasteiger charge is -2.17. The number of anilines is 1. The van der Waals surface area contributed by atoms with Gasteiger partial charge < -0.3 is 15.1 Å². The lowest BCUT2D eigenvalue weighted by molar-refractivity contribution is 0.0696. The summed E-state index contributed by atoms with van der Waals surface area (Å²) in [6.07, 6.45) is 1.61. The van der Waals surface area contributed by atoms with Crippen molar-refractivity contribution < 1.29 is 19.4 Å². The highest BCUT2D eigenvalue weighted by Gasteiger charge is 2.12. The van der Waals surface area contributed by atoms with Gasteiger partial charge in [0.25, 0.3) is 0 Å². The highest BCUT2D eigenvalue weighted by atomic mass is 19.1. The molecule has 0 aliphatic carbocycles. The lowest BCUT2D eigenvalue weighted by atomic mass is 10.2. The van der Waals surface area contributed by atoms with Crippen molar-refractivity contribution in [1.82, 2.24) is 4.98 Å². The normalized spacial score (nSPS) is 10.2. The quantitative estimate of drug-likeness (QED) is 0.777. The van der Waals surface area contributed by atoms with Gasteiger partial charge in [0.1, 0.15) is 0 Å². The first-order chi connectivity index (χ1) is 7.56. The number of halogens is 1. The molecule has 1 heterocycles. The number of aromatic nitrogens is 1. The van der Waals surface area contributed by atoms with Gasteiger partial charge in [-0.2, -0.15) is 0 Å². The molecule has 0 aliphatic heterocycles. The van der Waals surface area contributed by atoms with Gasteiger partial charge in [-0.3, -0.25) is 0 Å². The zero-order valence-electron chi connectivity index (χ0n) is 8.85. The number of pyridine rings is 1. The Labute approximate surface area is 92.2 Å². The van der Waals surface area contributed by atoms with Gasteiger partial charge in [0.05, 0.1) is 5.56 Å². The Kier molecular flexibility index (Phi) is 4.19. The van der Waals surface area contributed by atoms with Crippen molar-refractivity contribution in [2.45, 2.75) is 6.42 Å². The number of carbonyl (C=O) groups is 1. The summed E-state index contributed by atoms with van der Waals surface area (Å²) in [4.78, 5) is 15.8. The Morgan fingerprint density at radius 1 is 1.62 bits per heavy atom. The second-order valence-corrected chi connectivity index (χ2v) is 3.33. The van der Waals surface area contributed by atoms with Crippen LogP contribution >= 0.6 is 0 Å². The van der Waals surface area contributed by atoms with E-state index in [4.69, 9.17) is 10.2 Å². The van der Waals surface area contributed by atoms with Gasteiger partial charge in [-0.15, -0.1) is 0 Å². The van der Waals surface area contributed by atoms with Crippen LogP contribution in [0.25, 0.3) is 0 Å². The zero-order valence-corrected chi connectivity index (χ0v) is 8.85. The van der Waals surface area contributed by atoms with E-state index in [0.717, 1.165) is 12.3 Å². The van der Waals surface area contributed by atoms with Crippen LogP contribution in [0, 0.1) is 5.82 Å². The third-order valence-corrected chi connectivity index (χ3v) is 2.08. The van der Waals surface area contributed by atoms with E-state index < -0.39 is 11.8 Å². The summed E-state index contributed by atoms with van der Waals surface area (Å²) in [5.41, 5.74) is -0.184. The topological polar surface area (TPSA) is 73.7 Å². The minimum absolute atomic E-state index is 0.0131. The molecule has 0 unspecified atom stereocenters. The molecule has 0 saturated heterocycles. The Bertz CT molecular complexity index is 384. The van der Waals surface area contributed by atoms with Gasteiger partial charge in [0.2, 0.25) is 0 Å². The van der Waals surface area contributed by atoms with E-state index >= 15 is 0 Å². The number of hydrogen-bond donors (Lipinski definition) is 2. The zero-order chi connectivity index (χ0) is 12.1. The molecule has 0 saturated carbocycles. The molecule has 1 rings (SSSR count). The predicted molar refractivity (Wildman–Crippen MR) is 56.1 cm³/mol. The van der Waals surface area contributed by atoms with Crippen LogP contribution in [0.2, 0.25) is 0 Å². The van der Waals surface area contributed by atoms with Gasteiger partial charge in [0.15, 0.2) is 11.6 Å². The SMILES string of the molecule is CN(CCCO)c1ncc(C(=O)O)cc1F. The van der Waals surface area contributed by atoms with E-state index in [2.05, 4.69) is 4.98 Å². The van der Waals surface area contributed by atoms with Crippen LogP contribution in [0.15, 0.2) is 12.3 Å². The summed E-state index contributed by atoms with van der Waals surface area (Å²) >= 11 is 0. The fourth-order valence-corrected chi connectivity index (χ4v) is 1.24. The van der Waals surface area contributed by atoms with Crippen LogP contribution < -0.4 is 4.90 Å². The van der Waals surface area contributed by atoms with Gasteiger partial charge in [0, 0.05) is 26.4 Å². The molecule has 0 atom stereocenters. The summed E-state index contributed by atoms with van der Waals surface area (Å²) in [6.45, 7) is 0.464. The van der Waals surface area contributed by atoms with Crippen molar-refractivity contribution in [3.05, 3.63) is 23.6 Å². The van der Waals surface area contributed by atoms with Crippen LogP contribution in [-0.2, 0) is 0 Å².